The van der Waals surface area contributed by atoms with E-state index >= 15 is 0 Å². The van der Waals surface area contributed by atoms with Gasteiger partial charge in [-0.3, -0.25) is 19.7 Å². The van der Waals surface area contributed by atoms with Crippen LogP contribution in [0.5, 0.6) is 0 Å². The molecule has 3 amide bonds. The number of aromatic nitrogens is 1. The van der Waals surface area contributed by atoms with Crippen molar-refractivity contribution in [3.8, 4) is 0 Å². The molecule has 6 nitrogen and oxygen atoms in total. The van der Waals surface area contributed by atoms with Gasteiger partial charge >= 0.3 is 0 Å². The summed E-state index contributed by atoms with van der Waals surface area (Å²) in [6.07, 6.45) is 2.19. The Balaban J connectivity index is 1.80. The second-order valence-electron chi connectivity index (χ2n) is 4.73. The molecule has 0 saturated carbocycles. The van der Waals surface area contributed by atoms with Crippen LogP contribution in [0.2, 0.25) is 0 Å². The Morgan fingerprint density at radius 2 is 2.05 bits per heavy atom. The molecule has 1 aromatic heterocycles. The van der Waals surface area contributed by atoms with Gasteiger partial charge in [-0.05, 0) is 12.5 Å². The highest BCUT2D eigenvalue weighted by Gasteiger charge is 2.28. The highest BCUT2D eigenvalue weighted by atomic mass is 16.2. The van der Waals surface area contributed by atoms with Crippen molar-refractivity contribution in [2.45, 2.75) is 18.9 Å². The van der Waals surface area contributed by atoms with Crippen molar-refractivity contribution in [3.05, 3.63) is 36.0 Å². The van der Waals surface area contributed by atoms with Gasteiger partial charge in [-0.25, -0.2) is 0 Å². The first-order chi connectivity index (χ1) is 9.65. The first-order valence-corrected chi connectivity index (χ1v) is 6.36. The number of nitrogens with one attached hydrogen (secondary N) is 3. The molecule has 0 unspecified atom stereocenters. The number of amides is 3. The summed E-state index contributed by atoms with van der Waals surface area (Å²) in [4.78, 5) is 37.9. The van der Waals surface area contributed by atoms with Gasteiger partial charge in [0.2, 0.25) is 11.8 Å². The van der Waals surface area contributed by atoms with Crippen molar-refractivity contribution in [1.82, 2.24) is 15.6 Å². The second-order valence-corrected chi connectivity index (χ2v) is 4.73. The number of piperidine rings is 1. The van der Waals surface area contributed by atoms with Crippen molar-refractivity contribution in [1.29, 1.82) is 0 Å². The van der Waals surface area contributed by atoms with Crippen LogP contribution in [0.15, 0.2) is 30.5 Å². The third kappa shape index (κ3) is 2.16. The molecule has 1 saturated heterocycles. The lowest BCUT2D eigenvalue weighted by Gasteiger charge is -2.21. The van der Waals surface area contributed by atoms with Crippen LogP contribution in [-0.4, -0.2) is 28.7 Å². The Morgan fingerprint density at radius 3 is 2.85 bits per heavy atom. The van der Waals surface area contributed by atoms with Gasteiger partial charge in [0.25, 0.3) is 5.91 Å². The Hall–Kier alpha value is -2.63. The SMILES string of the molecule is O=C1CC[C@H](NC(=O)c2c[nH]c3ccccc23)C(=O)N1. The zero-order valence-corrected chi connectivity index (χ0v) is 10.6. The molecule has 0 spiro atoms. The molecule has 1 atom stereocenters. The summed E-state index contributed by atoms with van der Waals surface area (Å²) in [7, 11) is 0. The Kier molecular flexibility index (Phi) is 2.98. The molecule has 3 rings (SSSR count). The number of aromatic amines is 1. The lowest BCUT2D eigenvalue weighted by Crippen LogP contribution is -2.52. The molecule has 1 fully saturated rings. The van der Waals surface area contributed by atoms with Gasteiger partial charge in [-0.2, -0.15) is 0 Å². The summed E-state index contributed by atoms with van der Waals surface area (Å²) in [6.45, 7) is 0. The first kappa shape index (κ1) is 12.4. The fourth-order valence-corrected chi connectivity index (χ4v) is 2.33. The molecule has 0 aliphatic carbocycles. The van der Waals surface area contributed by atoms with Crippen molar-refractivity contribution < 1.29 is 14.4 Å². The number of benzene rings is 1. The van der Waals surface area contributed by atoms with E-state index in [1.807, 2.05) is 24.3 Å². The normalized spacial score (nSPS) is 18.9. The quantitative estimate of drug-likeness (QED) is 0.702. The van der Waals surface area contributed by atoms with Crippen LogP contribution in [0.25, 0.3) is 10.9 Å². The number of rotatable bonds is 2. The van der Waals surface area contributed by atoms with Gasteiger partial charge in [0.1, 0.15) is 6.04 Å². The fourth-order valence-electron chi connectivity index (χ4n) is 2.33. The van der Waals surface area contributed by atoms with Gasteiger partial charge in [-0.1, -0.05) is 18.2 Å². The molecule has 0 bridgehead atoms. The first-order valence-electron chi connectivity index (χ1n) is 6.36. The van der Waals surface area contributed by atoms with Crippen LogP contribution in [0.3, 0.4) is 0 Å². The van der Waals surface area contributed by atoms with Gasteiger partial charge in [0.15, 0.2) is 0 Å². The topological polar surface area (TPSA) is 91.1 Å². The van der Waals surface area contributed by atoms with Crippen LogP contribution in [0.1, 0.15) is 23.2 Å². The average molecular weight is 271 g/mol. The van der Waals surface area contributed by atoms with E-state index in [2.05, 4.69) is 15.6 Å². The summed E-state index contributed by atoms with van der Waals surface area (Å²) in [5.74, 6) is -1.07. The van der Waals surface area contributed by atoms with Gasteiger partial charge < -0.3 is 10.3 Å². The third-order valence-electron chi connectivity index (χ3n) is 3.38. The van der Waals surface area contributed by atoms with E-state index in [1.54, 1.807) is 6.20 Å². The third-order valence-corrected chi connectivity index (χ3v) is 3.38. The molecular weight excluding hydrogens is 258 g/mol. The molecule has 1 aliphatic rings. The molecule has 6 heteroatoms. The number of carbonyl (C=O) groups is 3. The zero-order chi connectivity index (χ0) is 14.1. The van der Waals surface area contributed by atoms with E-state index in [-0.39, 0.29) is 18.2 Å². The van der Waals surface area contributed by atoms with Crippen LogP contribution in [0.4, 0.5) is 0 Å². The van der Waals surface area contributed by atoms with E-state index in [0.29, 0.717) is 12.0 Å². The summed E-state index contributed by atoms with van der Waals surface area (Å²) >= 11 is 0. The van der Waals surface area contributed by atoms with Crippen LogP contribution in [0, 0.1) is 0 Å². The standard InChI is InChI=1S/C14H13N3O3/c18-12-6-5-11(14(20)17-12)16-13(19)9-7-15-10-4-2-1-3-8(9)10/h1-4,7,11,15H,5-6H2,(H,16,19)(H,17,18,20)/t11-/m0/s1. The van der Waals surface area contributed by atoms with Crippen molar-refractivity contribution in [2.75, 3.05) is 0 Å². The number of hydrogen-bond acceptors (Lipinski definition) is 3. The second kappa shape index (κ2) is 4.80. The zero-order valence-electron chi connectivity index (χ0n) is 10.6. The van der Waals surface area contributed by atoms with E-state index in [1.165, 1.54) is 0 Å². The summed E-state index contributed by atoms with van der Waals surface area (Å²) in [6, 6.07) is 6.78. The summed E-state index contributed by atoms with van der Waals surface area (Å²) < 4.78 is 0. The lowest BCUT2D eigenvalue weighted by atomic mass is 10.1. The smallest absolute Gasteiger partial charge is 0.254 e. The Labute approximate surface area is 114 Å². The molecule has 1 aromatic carbocycles. The molecule has 2 heterocycles. The number of fused-ring (bicyclic) bond motifs is 1. The van der Waals surface area contributed by atoms with E-state index in [4.69, 9.17) is 0 Å². The summed E-state index contributed by atoms with van der Waals surface area (Å²) in [5.41, 5.74) is 1.35. The van der Waals surface area contributed by atoms with Gasteiger partial charge in [-0.15, -0.1) is 0 Å². The maximum atomic E-state index is 12.2. The van der Waals surface area contributed by atoms with Crippen LogP contribution < -0.4 is 10.6 Å². The predicted molar refractivity (Wildman–Crippen MR) is 71.9 cm³/mol. The fraction of sp³-hybridized carbons (Fsp3) is 0.214. The highest BCUT2D eigenvalue weighted by Crippen LogP contribution is 2.18. The maximum Gasteiger partial charge on any atom is 0.254 e. The molecule has 1 aliphatic heterocycles. The Bertz CT molecular complexity index is 705. The summed E-state index contributed by atoms with van der Waals surface area (Å²) in [5, 5.41) is 5.68. The molecule has 20 heavy (non-hydrogen) atoms. The lowest BCUT2D eigenvalue weighted by molar-refractivity contribution is -0.134. The van der Waals surface area contributed by atoms with Gasteiger partial charge in [0.05, 0.1) is 5.56 Å². The minimum atomic E-state index is -0.658. The van der Waals surface area contributed by atoms with Crippen molar-refractivity contribution in [2.24, 2.45) is 0 Å². The van der Waals surface area contributed by atoms with Crippen LogP contribution >= 0.6 is 0 Å². The van der Waals surface area contributed by atoms with Gasteiger partial charge in [0, 0.05) is 23.5 Å². The number of carbonyl (C=O) groups excluding carboxylic acids is 3. The van der Waals surface area contributed by atoms with E-state index in [9.17, 15) is 14.4 Å². The minimum absolute atomic E-state index is 0.241. The molecular formula is C14H13N3O3. The predicted octanol–water partition coefficient (Wildman–Crippen LogP) is 0.703. The highest BCUT2D eigenvalue weighted by molar-refractivity contribution is 6.09. The number of para-hydroxylation sites is 1. The molecule has 102 valence electrons. The molecule has 3 N–H and O–H groups in total. The minimum Gasteiger partial charge on any atom is -0.360 e. The maximum absolute atomic E-state index is 12.2. The monoisotopic (exact) mass is 271 g/mol. The van der Waals surface area contributed by atoms with E-state index in [0.717, 1.165) is 10.9 Å². The number of H-pyrrole nitrogens is 1. The van der Waals surface area contributed by atoms with Crippen molar-refractivity contribution >= 4 is 28.6 Å². The van der Waals surface area contributed by atoms with Crippen molar-refractivity contribution in [3.63, 3.8) is 0 Å². The molecule has 0 radical (unpaired) electrons. The molecule has 2 aromatic rings. The number of hydrogen-bond donors (Lipinski definition) is 3. The average Bonchev–Trinajstić information content (AvgIpc) is 2.86. The number of imide groups is 1. The van der Waals surface area contributed by atoms with Crippen LogP contribution in [-0.2, 0) is 9.59 Å². The Morgan fingerprint density at radius 1 is 1.25 bits per heavy atom. The van der Waals surface area contributed by atoms with E-state index < -0.39 is 11.9 Å². The largest absolute Gasteiger partial charge is 0.360 e.